The van der Waals surface area contributed by atoms with Gasteiger partial charge in [0.1, 0.15) is 0 Å². The molecule has 3 aliphatic rings. The van der Waals surface area contributed by atoms with Gasteiger partial charge < -0.3 is 9.47 Å². The van der Waals surface area contributed by atoms with Crippen molar-refractivity contribution in [1.82, 2.24) is 23.1 Å². The minimum absolute atomic E-state index is 0.0240. The number of sulfonamides is 2. The van der Waals surface area contributed by atoms with Crippen molar-refractivity contribution in [1.29, 1.82) is 0 Å². The number of aromatic nitrogens is 2. The molecule has 10 nitrogen and oxygen atoms in total. The summed E-state index contributed by atoms with van der Waals surface area (Å²) in [7, 11) is -1.94. The van der Waals surface area contributed by atoms with E-state index in [1.54, 1.807) is 30.6 Å². The second-order valence-electron chi connectivity index (χ2n) is 9.61. The van der Waals surface area contributed by atoms with Crippen molar-refractivity contribution in [2.75, 3.05) is 46.5 Å². The lowest BCUT2D eigenvalue weighted by Gasteiger charge is -2.44. The lowest BCUT2D eigenvalue weighted by atomic mass is 9.66. The maximum Gasteiger partial charge on any atom is 0.262 e. The van der Waals surface area contributed by atoms with Gasteiger partial charge in [0.25, 0.3) is 10.0 Å². The van der Waals surface area contributed by atoms with Crippen molar-refractivity contribution in [2.24, 2.45) is 23.8 Å². The number of aryl methyl sites for hydroxylation is 1. The molecule has 0 radical (unpaired) electrons. The molecule has 1 aromatic rings. The van der Waals surface area contributed by atoms with Gasteiger partial charge in [-0.3, -0.25) is 4.79 Å². The quantitative estimate of drug-likeness (QED) is 0.606. The van der Waals surface area contributed by atoms with Crippen LogP contribution in [0.15, 0.2) is 17.6 Å². The van der Waals surface area contributed by atoms with E-state index >= 15 is 0 Å². The molecule has 31 heavy (non-hydrogen) atoms. The molecule has 1 spiro atoms. The number of nitrogens with zero attached hydrogens (tertiary/aromatic N) is 5. The molecule has 2 saturated heterocycles. The molecular weight excluding hydrogens is 442 g/mol. The van der Waals surface area contributed by atoms with E-state index in [1.165, 1.54) is 27.4 Å². The minimum atomic E-state index is -3.67. The van der Waals surface area contributed by atoms with Gasteiger partial charge in [0.15, 0.2) is 5.03 Å². The van der Waals surface area contributed by atoms with Crippen molar-refractivity contribution >= 4 is 26.0 Å². The summed E-state index contributed by atoms with van der Waals surface area (Å²) < 4.78 is 55.1. The van der Waals surface area contributed by atoms with Gasteiger partial charge in [0, 0.05) is 53.5 Å². The van der Waals surface area contributed by atoms with Gasteiger partial charge in [-0.15, -0.1) is 0 Å². The van der Waals surface area contributed by atoms with E-state index in [0.717, 1.165) is 6.42 Å². The predicted octanol–water partition coefficient (Wildman–Crippen LogP) is -0.0492. The average molecular weight is 474 g/mol. The Bertz CT molecular complexity index is 1090. The highest BCUT2D eigenvalue weighted by atomic mass is 32.2. The maximum atomic E-state index is 13.2. The molecule has 12 heteroatoms. The second-order valence-corrected chi connectivity index (χ2v) is 13.5. The van der Waals surface area contributed by atoms with E-state index in [0.29, 0.717) is 38.9 Å². The first-order valence-corrected chi connectivity index (χ1v) is 13.8. The zero-order valence-corrected chi connectivity index (χ0v) is 20.1. The SMILES string of the molecule is CN(C)C(=O)[C@@]12CCC3(CCN(S(=O)(=O)c4cn(C)cn4)CC3)[C@@H]1CN(S(C)(=O)=O)C2. The summed E-state index contributed by atoms with van der Waals surface area (Å²) in [4.78, 5) is 18.8. The molecule has 1 aromatic heterocycles. The Morgan fingerprint density at radius 3 is 2.26 bits per heavy atom. The summed E-state index contributed by atoms with van der Waals surface area (Å²) >= 11 is 0. The molecule has 4 rings (SSSR count). The number of rotatable bonds is 4. The predicted molar refractivity (Wildman–Crippen MR) is 114 cm³/mol. The van der Waals surface area contributed by atoms with Gasteiger partial charge in [-0.25, -0.2) is 26.1 Å². The van der Waals surface area contributed by atoms with Crippen LogP contribution in [-0.4, -0.2) is 92.3 Å². The fourth-order valence-electron chi connectivity index (χ4n) is 5.99. The monoisotopic (exact) mass is 473 g/mol. The van der Waals surface area contributed by atoms with Crippen LogP contribution in [0.2, 0.25) is 0 Å². The van der Waals surface area contributed by atoms with Crippen molar-refractivity contribution in [2.45, 2.75) is 30.7 Å². The van der Waals surface area contributed by atoms with E-state index in [-0.39, 0.29) is 28.8 Å². The standard InChI is InChI=1S/C19H31N5O5S2/c1-21(2)17(25)19-6-5-18(15(19)11-24(13-19)30(4,26)27)7-9-23(10-8-18)31(28,29)16-12-22(3)14-20-16/h12,14-15H,5-11,13H2,1-4H3/t15-,19+/m0/s1. The van der Waals surface area contributed by atoms with E-state index in [2.05, 4.69) is 4.98 Å². The third kappa shape index (κ3) is 3.51. The number of imidazole rings is 1. The summed E-state index contributed by atoms with van der Waals surface area (Å²) in [5, 5.41) is 0.0404. The number of amides is 1. The summed E-state index contributed by atoms with van der Waals surface area (Å²) in [6.45, 7) is 1.23. The molecule has 2 aliphatic heterocycles. The zero-order chi connectivity index (χ0) is 22.8. The number of carbonyl (C=O) groups excluding carboxylic acids is 1. The van der Waals surface area contributed by atoms with Gasteiger partial charge in [-0.2, -0.15) is 4.31 Å². The van der Waals surface area contributed by atoms with Crippen LogP contribution in [-0.2, 0) is 31.9 Å². The van der Waals surface area contributed by atoms with Gasteiger partial charge in [-0.1, -0.05) is 0 Å². The summed E-state index contributed by atoms with van der Waals surface area (Å²) in [5.74, 6) is -0.131. The zero-order valence-electron chi connectivity index (χ0n) is 18.5. The third-order valence-electron chi connectivity index (χ3n) is 7.62. The molecule has 174 valence electrons. The number of hydrogen-bond acceptors (Lipinski definition) is 6. The Labute approximate surface area is 184 Å². The van der Waals surface area contributed by atoms with E-state index < -0.39 is 25.5 Å². The fourth-order valence-corrected chi connectivity index (χ4v) is 8.29. The minimum Gasteiger partial charge on any atom is -0.348 e. The molecule has 1 aliphatic carbocycles. The summed E-state index contributed by atoms with van der Waals surface area (Å²) in [6, 6.07) is 0. The van der Waals surface area contributed by atoms with Crippen molar-refractivity contribution in [3.63, 3.8) is 0 Å². The molecule has 0 N–H and O–H groups in total. The number of carbonyl (C=O) groups is 1. The first kappa shape index (κ1) is 22.7. The van der Waals surface area contributed by atoms with Gasteiger partial charge in [0.05, 0.1) is 18.0 Å². The number of fused-ring (bicyclic) bond motifs is 2. The Morgan fingerprint density at radius 2 is 1.74 bits per heavy atom. The summed E-state index contributed by atoms with van der Waals surface area (Å²) in [5.41, 5.74) is -0.962. The third-order valence-corrected chi connectivity index (χ3v) is 10.6. The van der Waals surface area contributed by atoms with Crippen LogP contribution in [0.1, 0.15) is 25.7 Å². The smallest absolute Gasteiger partial charge is 0.262 e. The lowest BCUT2D eigenvalue weighted by Crippen LogP contribution is -2.49. The molecule has 1 amide bonds. The molecule has 3 heterocycles. The number of hydrogen-bond donors (Lipinski definition) is 0. The topological polar surface area (TPSA) is 113 Å². The summed E-state index contributed by atoms with van der Waals surface area (Å²) in [6.07, 6.45) is 6.83. The van der Waals surface area contributed by atoms with Crippen LogP contribution < -0.4 is 0 Å². The Kier molecular flexibility index (Phi) is 5.31. The van der Waals surface area contributed by atoms with Crippen LogP contribution in [0.25, 0.3) is 0 Å². The van der Waals surface area contributed by atoms with Crippen LogP contribution in [0.5, 0.6) is 0 Å². The van der Waals surface area contributed by atoms with Crippen LogP contribution in [0.3, 0.4) is 0 Å². The second kappa shape index (κ2) is 7.26. The molecule has 3 fully saturated rings. The highest BCUT2D eigenvalue weighted by Crippen LogP contribution is 2.62. The van der Waals surface area contributed by atoms with E-state index in [4.69, 9.17) is 0 Å². The highest BCUT2D eigenvalue weighted by Gasteiger charge is 2.65. The van der Waals surface area contributed by atoms with Crippen molar-refractivity contribution in [3.05, 3.63) is 12.5 Å². The van der Waals surface area contributed by atoms with Crippen LogP contribution in [0, 0.1) is 16.7 Å². The number of piperidine rings is 1. The largest absolute Gasteiger partial charge is 0.348 e. The molecule has 2 atom stereocenters. The molecular formula is C19H31N5O5S2. The molecule has 1 saturated carbocycles. The fraction of sp³-hybridized carbons (Fsp3) is 0.789. The van der Waals surface area contributed by atoms with Crippen LogP contribution in [0.4, 0.5) is 0 Å². The Balaban J connectivity index is 1.60. The Hall–Kier alpha value is -1.50. The van der Waals surface area contributed by atoms with E-state index in [9.17, 15) is 21.6 Å². The van der Waals surface area contributed by atoms with E-state index in [1.807, 2.05) is 0 Å². The van der Waals surface area contributed by atoms with Crippen LogP contribution >= 0.6 is 0 Å². The average Bonchev–Trinajstić information content (AvgIpc) is 3.37. The van der Waals surface area contributed by atoms with Gasteiger partial charge in [-0.05, 0) is 37.0 Å². The van der Waals surface area contributed by atoms with Crippen molar-refractivity contribution < 1.29 is 21.6 Å². The maximum absolute atomic E-state index is 13.2. The normalized spacial score (nSPS) is 29.4. The Morgan fingerprint density at radius 1 is 1.10 bits per heavy atom. The molecule has 0 aromatic carbocycles. The van der Waals surface area contributed by atoms with Gasteiger partial charge in [0.2, 0.25) is 15.9 Å². The van der Waals surface area contributed by atoms with Crippen molar-refractivity contribution in [3.8, 4) is 0 Å². The lowest BCUT2D eigenvalue weighted by molar-refractivity contribution is -0.141. The first-order valence-electron chi connectivity index (χ1n) is 10.5. The molecule has 0 unspecified atom stereocenters. The van der Waals surface area contributed by atoms with Gasteiger partial charge >= 0.3 is 0 Å². The molecule has 0 bridgehead atoms. The first-order chi connectivity index (χ1) is 14.3. The highest BCUT2D eigenvalue weighted by molar-refractivity contribution is 7.89.